The number of nitrogens with one attached hydrogen (secondary N) is 2. The van der Waals surface area contributed by atoms with Crippen LogP contribution in [-0.2, 0) is 10.5 Å². The normalized spacial score (nSPS) is 24.9. The number of aliphatic imine (C=N–C) groups is 1. The molecular formula is C28H34FN5O2. The van der Waals surface area contributed by atoms with Crippen LogP contribution in [0.3, 0.4) is 0 Å². The number of carbonyl (C=O) groups excluding carboxylic acids is 1. The Kier molecular flexibility index (Phi) is 6.55. The molecule has 0 spiro atoms. The second-order valence-electron chi connectivity index (χ2n) is 10.4. The van der Waals surface area contributed by atoms with Crippen molar-refractivity contribution in [1.82, 2.24) is 20.9 Å². The Morgan fingerprint density at radius 1 is 1.22 bits per heavy atom. The van der Waals surface area contributed by atoms with Gasteiger partial charge in [-0.3, -0.25) is 4.79 Å². The number of aromatic nitrogens is 1. The van der Waals surface area contributed by atoms with Gasteiger partial charge in [-0.15, -0.1) is 0 Å². The number of hydrazine groups is 1. The molecule has 1 aromatic carbocycles. The monoisotopic (exact) mass is 491 g/mol. The van der Waals surface area contributed by atoms with E-state index in [0.717, 1.165) is 48.3 Å². The van der Waals surface area contributed by atoms with Gasteiger partial charge in [0.05, 0.1) is 11.7 Å². The summed E-state index contributed by atoms with van der Waals surface area (Å²) in [5.41, 5.74) is 9.12. The van der Waals surface area contributed by atoms with E-state index in [0.29, 0.717) is 17.9 Å². The fourth-order valence-electron chi connectivity index (χ4n) is 5.41. The van der Waals surface area contributed by atoms with Crippen LogP contribution in [-0.4, -0.2) is 34.4 Å². The largest absolute Gasteiger partial charge is 0.360 e. The predicted molar refractivity (Wildman–Crippen MR) is 137 cm³/mol. The molecule has 8 heteroatoms. The molecule has 7 nitrogen and oxygen atoms in total. The van der Waals surface area contributed by atoms with E-state index in [1.54, 1.807) is 6.08 Å². The van der Waals surface area contributed by atoms with Crippen molar-refractivity contribution < 1.29 is 13.7 Å². The Labute approximate surface area is 211 Å². The highest BCUT2D eigenvalue weighted by molar-refractivity contribution is 5.94. The molecule has 2 aliphatic heterocycles. The molecule has 1 aromatic heterocycles. The van der Waals surface area contributed by atoms with Crippen molar-refractivity contribution in [3.8, 4) is 0 Å². The van der Waals surface area contributed by atoms with E-state index in [-0.39, 0.29) is 29.6 Å². The summed E-state index contributed by atoms with van der Waals surface area (Å²) in [6.45, 7) is 8.61. The number of aryl methyl sites for hydroxylation is 1. The Hall–Kier alpha value is -3.26. The second-order valence-corrected chi connectivity index (χ2v) is 10.4. The van der Waals surface area contributed by atoms with Crippen LogP contribution in [0.4, 0.5) is 4.39 Å². The van der Waals surface area contributed by atoms with Crippen LogP contribution in [0.25, 0.3) is 5.57 Å². The molecule has 5 rings (SSSR count). The van der Waals surface area contributed by atoms with Gasteiger partial charge in [0.15, 0.2) is 5.66 Å². The number of likely N-dealkylation sites (tertiary alicyclic amines) is 1. The third-order valence-corrected chi connectivity index (χ3v) is 7.37. The lowest BCUT2D eigenvalue weighted by Gasteiger charge is -2.29. The summed E-state index contributed by atoms with van der Waals surface area (Å²) in [7, 11) is 0. The number of carbonyl (C=O) groups is 1. The minimum atomic E-state index is -0.694. The fourth-order valence-corrected chi connectivity index (χ4v) is 5.41. The van der Waals surface area contributed by atoms with Gasteiger partial charge in [-0.25, -0.2) is 14.8 Å². The van der Waals surface area contributed by atoms with Crippen molar-refractivity contribution in [2.45, 2.75) is 71.0 Å². The summed E-state index contributed by atoms with van der Waals surface area (Å²) >= 11 is 0. The minimum Gasteiger partial charge on any atom is -0.360 e. The van der Waals surface area contributed by atoms with Crippen LogP contribution in [0.2, 0.25) is 0 Å². The number of allylic oxidation sites excluding steroid dienone is 4. The number of benzene rings is 1. The molecule has 3 unspecified atom stereocenters. The SMILES string of the molecule is Cc1cc(C(C(=O)N2CCCC2C2=NC(C)(c3ccc(C4=CCCC=C4F)cc3)NN2)C(C)C)on1. The molecule has 0 radical (unpaired) electrons. The molecule has 1 amide bonds. The number of hydrogen-bond acceptors (Lipinski definition) is 6. The van der Waals surface area contributed by atoms with Crippen molar-refractivity contribution in [2.75, 3.05) is 6.54 Å². The third-order valence-electron chi connectivity index (χ3n) is 7.37. The summed E-state index contributed by atoms with van der Waals surface area (Å²) in [6.07, 6.45) is 6.95. The van der Waals surface area contributed by atoms with E-state index in [9.17, 15) is 9.18 Å². The van der Waals surface area contributed by atoms with Crippen molar-refractivity contribution in [2.24, 2.45) is 10.9 Å². The smallest absolute Gasteiger partial charge is 0.234 e. The topological polar surface area (TPSA) is 82.8 Å². The quantitative estimate of drug-likeness (QED) is 0.586. The number of amidine groups is 1. The zero-order valence-corrected chi connectivity index (χ0v) is 21.3. The van der Waals surface area contributed by atoms with Crippen LogP contribution in [0.5, 0.6) is 0 Å². The highest BCUT2D eigenvalue weighted by Crippen LogP contribution is 2.34. The first kappa shape index (κ1) is 24.4. The zero-order valence-electron chi connectivity index (χ0n) is 21.3. The van der Waals surface area contributed by atoms with Gasteiger partial charge in [-0.05, 0) is 62.7 Å². The number of rotatable bonds is 6. The van der Waals surface area contributed by atoms with Crippen LogP contribution >= 0.6 is 0 Å². The van der Waals surface area contributed by atoms with Gasteiger partial charge in [0.1, 0.15) is 23.3 Å². The maximum Gasteiger partial charge on any atom is 0.234 e. The summed E-state index contributed by atoms with van der Waals surface area (Å²) in [6, 6.07) is 9.57. The number of halogens is 1. The van der Waals surface area contributed by atoms with Gasteiger partial charge in [0.2, 0.25) is 5.91 Å². The number of amides is 1. The van der Waals surface area contributed by atoms with Gasteiger partial charge in [0.25, 0.3) is 0 Å². The van der Waals surface area contributed by atoms with Crippen LogP contribution < -0.4 is 10.9 Å². The molecule has 3 atom stereocenters. The molecule has 3 heterocycles. The van der Waals surface area contributed by atoms with Crippen LogP contribution in [0.15, 0.2) is 57.8 Å². The highest BCUT2D eigenvalue weighted by Gasteiger charge is 2.42. The summed E-state index contributed by atoms with van der Waals surface area (Å²) in [4.78, 5) is 20.6. The van der Waals surface area contributed by atoms with E-state index in [1.165, 1.54) is 0 Å². The lowest BCUT2D eigenvalue weighted by atomic mass is 9.91. The van der Waals surface area contributed by atoms with Gasteiger partial charge in [-0.1, -0.05) is 49.3 Å². The Bertz CT molecular complexity index is 1230. The van der Waals surface area contributed by atoms with Crippen molar-refractivity contribution in [3.05, 3.63) is 70.9 Å². The average Bonchev–Trinajstić information content (AvgIpc) is 3.60. The molecule has 190 valence electrons. The summed E-state index contributed by atoms with van der Waals surface area (Å²) < 4.78 is 19.8. The lowest BCUT2D eigenvalue weighted by Crippen LogP contribution is -2.49. The molecule has 3 aliphatic rings. The first-order valence-corrected chi connectivity index (χ1v) is 12.8. The molecule has 36 heavy (non-hydrogen) atoms. The van der Waals surface area contributed by atoms with Gasteiger partial charge in [-0.2, -0.15) is 0 Å². The van der Waals surface area contributed by atoms with E-state index in [1.807, 2.05) is 69.0 Å². The molecule has 2 N–H and O–H groups in total. The maximum atomic E-state index is 14.3. The molecule has 0 saturated carbocycles. The van der Waals surface area contributed by atoms with E-state index in [2.05, 4.69) is 16.0 Å². The Morgan fingerprint density at radius 3 is 2.64 bits per heavy atom. The van der Waals surface area contributed by atoms with Crippen molar-refractivity contribution in [3.63, 3.8) is 0 Å². The van der Waals surface area contributed by atoms with Gasteiger partial charge < -0.3 is 14.8 Å². The fraction of sp³-hybridized carbons (Fsp3) is 0.464. The molecule has 1 fully saturated rings. The highest BCUT2D eigenvalue weighted by atomic mass is 19.1. The molecular weight excluding hydrogens is 457 g/mol. The Morgan fingerprint density at radius 2 is 1.97 bits per heavy atom. The first-order chi connectivity index (χ1) is 17.3. The number of hydrogen-bond donors (Lipinski definition) is 2. The average molecular weight is 492 g/mol. The predicted octanol–water partition coefficient (Wildman–Crippen LogP) is 5.12. The summed E-state index contributed by atoms with van der Waals surface area (Å²) in [5.74, 6) is 0.943. The minimum absolute atomic E-state index is 0.0435. The van der Waals surface area contributed by atoms with Gasteiger partial charge >= 0.3 is 0 Å². The van der Waals surface area contributed by atoms with Crippen molar-refractivity contribution in [1.29, 1.82) is 0 Å². The standard InChI is InChI=1S/C28H34FN5O2/c1-17(2)25(24-16-18(3)32-36-24)27(35)34-15-7-10-23(34)26-30-28(4,33-31-26)20-13-11-19(12-14-20)21-8-5-6-9-22(21)29/h8-9,11-14,16-17,23,25,33H,5-7,10,15H2,1-4H3,(H,30,31). The molecule has 1 aliphatic carbocycles. The van der Waals surface area contributed by atoms with E-state index in [4.69, 9.17) is 9.52 Å². The Balaban J connectivity index is 1.36. The number of nitrogens with zero attached hydrogens (tertiary/aromatic N) is 3. The van der Waals surface area contributed by atoms with E-state index >= 15 is 0 Å². The molecule has 1 saturated heterocycles. The molecule has 0 bridgehead atoms. The van der Waals surface area contributed by atoms with E-state index < -0.39 is 5.66 Å². The zero-order chi connectivity index (χ0) is 25.4. The third kappa shape index (κ3) is 4.50. The van der Waals surface area contributed by atoms with Gasteiger partial charge in [0, 0.05) is 18.2 Å². The van der Waals surface area contributed by atoms with Crippen LogP contribution in [0, 0.1) is 12.8 Å². The van der Waals surface area contributed by atoms with Crippen molar-refractivity contribution >= 4 is 17.3 Å². The molecule has 2 aromatic rings. The van der Waals surface area contributed by atoms with Crippen LogP contribution in [0.1, 0.15) is 75.0 Å². The first-order valence-electron chi connectivity index (χ1n) is 12.8. The second kappa shape index (κ2) is 9.65. The summed E-state index contributed by atoms with van der Waals surface area (Å²) in [5, 5.41) is 4.00. The lowest BCUT2D eigenvalue weighted by molar-refractivity contribution is -0.134. The maximum absolute atomic E-state index is 14.3.